The number of anilines is 2. The highest BCUT2D eigenvalue weighted by atomic mass is 79.9. The van der Waals surface area contributed by atoms with E-state index in [1.165, 1.54) is 6.20 Å². The molecule has 0 unspecified atom stereocenters. The van der Waals surface area contributed by atoms with Crippen molar-refractivity contribution in [3.05, 3.63) is 40.2 Å². The highest BCUT2D eigenvalue weighted by Crippen LogP contribution is 2.25. The third-order valence-electron chi connectivity index (χ3n) is 2.23. The lowest BCUT2D eigenvalue weighted by atomic mass is 10.2. The van der Waals surface area contributed by atoms with Gasteiger partial charge < -0.3 is 15.6 Å². The van der Waals surface area contributed by atoms with Crippen molar-refractivity contribution >= 4 is 33.2 Å². The van der Waals surface area contributed by atoms with Crippen LogP contribution in [0.3, 0.4) is 0 Å². The summed E-state index contributed by atoms with van der Waals surface area (Å²) in [6.07, 6.45) is 1.38. The summed E-state index contributed by atoms with van der Waals surface area (Å²) in [5.74, 6) is 0.192. The Morgan fingerprint density at radius 2 is 2.29 bits per heavy atom. The number of nitrogens with one attached hydrogen (secondary N) is 1. The second-order valence-electron chi connectivity index (χ2n) is 3.49. The number of benzene rings is 1. The maximum absolute atomic E-state index is 11.9. The molecule has 0 saturated carbocycles. The first kappa shape index (κ1) is 11.7. The van der Waals surface area contributed by atoms with Crippen molar-refractivity contribution in [3.8, 4) is 0 Å². The molecular formula is C11H10BrN3O2. The summed E-state index contributed by atoms with van der Waals surface area (Å²) in [4.78, 5) is 11.9. The summed E-state index contributed by atoms with van der Waals surface area (Å²) in [7, 11) is 0. The number of aryl methyl sites for hydroxylation is 1. The van der Waals surface area contributed by atoms with Gasteiger partial charge >= 0.3 is 0 Å². The van der Waals surface area contributed by atoms with E-state index in [1.54, 1.807) is 25.1 Å². The zero-order valence-electron chi connectivity index (χ0n) is 9.03. The number of nitrogens with zero attached hydrogens (tertiary/aromatic N) is 1. The van der Waals surface area contributed by atoms with Crippen LogP contribution in [-0.2, 0) is 0 Å². The molecule has 0 radical (unpaired) electrons. The van der Waals surface area contributed by atoms with Gasteiger partial charge in [-0.15, -0.1) is 0 Å². The van der Waals surface area contributed by atoms with Gasteiger partial charge in [0.25, 0.3) is 5.91 Å². The lowest BCUT2D eigenvalue weighted by Crippen LogP contribution is -2.12. The van der Waals surface area contributed by atoms with Crippen LogP contribution in [0, 0.1) is 6.92 Å². The minimum Gasteiger partial charge on any atom is -0.399 e. The molecule has 88 valence electrons. The van der Waals surface area contributed by atoms with Crippen LogP contribution in [0.1, 0.15) is 16.1 Å². The number of hydrogen-bond donors (Lipinski definition) is 2. The van der Waals surface area contributed by atoms with Crippen molar-refractivity contribution in [1.29, 1.82) is 0 Å². The molecule has 5 nitrogen and oxygen atoms in total. The Morgan fingerprint density at radius 3 is 2.94 bits per heavy atom. The van der Waals surface area contributed by atoms with Crippen LogP contribution in [0.25, 0.3) is 0 Å². The van der Waals surface area contributed by atoms with Gasteiger partial charge in [0.05, 0.1) is 11.9 Å². The average Bonchev–Trinajstić information content (AvgIpc) is 2.70. The zero-order valence-corrected chi connectivity index (χ0v) is 10.6. The Labute approximate surface area is 106 Å². The Bertz CT molecular complexity index is 566. The van der Waals surface area contributed by atoms with Crippen molar-refractivity contribution < 1.29 is 9.32 Å². The van der Waals surface area contributed by atoms with E-state index in [2.05, 4.69) is 26.4 Å². The van der Waals surface area contributed by atoms with Crippen molar-refractivity contribution in [2.45, 2.75) is 6.92 Å². The second-order valence-corrected chi connectivity index (χ2v) is 4.34. The maximum Gasteiger partial charge on any atom is 0.260 e. The number of nitrogen functional groups attached to an aromatic ring is 1. The predicted octanol–water partition coefficient (Wildman–Crippen LogP) is 2.58. The highest BCUT2D eigenvalue weighted by Gasteiger charge is 2.14. The van der Waals surface area contributed by atoms with E-state index >= 15 is 0 Å². The van der Waals surface area contributed by atoms with E-state index in [-0.39, 0.29) is 5.91 Å². The Morgan fingerprint density at radius 1 is 1.53 bits per heavy atom. The molecular weight excluding hydrogens is 286 g/mol. The molecule has 0 bridgehead atoms. The Hall–Kier alpha value is -1.82. The van der Waals surface area contributed by atoms with E-state index in [9.17, 15) is 4.79 Å². The summed E-state index contributed by atoms with van der Waals surface area (Å²) in [6.45, 7) is 1.68. The van der Waals surface area contributed by atoms with Crippen LogP contribution in [-0.4, -0.2) is 11.1 Å². The minimum atomic E-state index is -0.282. The predicted molar refractivity (Wildman–Crippen MR) is 67.7 cm³/mol. The van der Waals surface area contributed by atoms with Gasteiger partial charge in [0.2, 0.25) is 0 Å². The quantitative estimate of drug-likeness (QED) is 0.835. The molecule has 2 aromatic rings. The molecule has 0 aliphatic heterocycles. The molecule has 0 aliphatic rings. The molecule has 0 aliphatic carbocycles. The first-order valence-electron chi connectivity index (χ1n) is 4.85. The smallest absolute Gasteiger partial charge is 0.260 e. The molecule has 1 heterocycles. The van der Waals surface area contributed by atoms with E-state index in [0.29, 0.717) is 22.7 Å². The first-order chi connectivity index (χ1) is 8.08. The van der Waals surface area contributed by atoms with Crippen LogP contribution in [0.5, 0.6) is 0 Å². The third-order valence-corrected chi connectivity index (χ3v) is 2.93. The largest absolute Gasteiger partial charge is 0.399 e. The van der Waals surface area contributed by atoms with Gasteiger partial charge in [0.1, 0.15) is 11.3 Å². The van der Waals surface area contributed by atoms with E-state index < -0.39 is 0 Å². The van der Waals surface area contributed by atoms with Crippen molar-refractivity contribution in [1.82, 2.24) is 5.16 Å². The Kier molecular flexibility index (Phi) is 3.14. The van der Waals surface area contributed by atoms with Gasteiger partial charge in [-0.2, -0.15) is 0 Å². The van der Waals surface area contributed by atoms with E-state index in [4.69, 9.17) is 10.3 Å². The molecule has 2 rings (SSSR count). The molecule has 1 amide bonds. The van der Waals surface area contributed by atoms with Crippen molar-refractivity contribution in [3.63, 3.8) is 0 Å². The standard InChI is InChI=1S/C11H10BrN3O2/c1-6-8(5-14-17-6)11(16)15-10-4-7(13)2-3-9(10)12/h2-5H,13H2,1H3,(H,15,16). The number of halogens is 1. The molecule has 3 N–H and O–H groups in total. The lowest BCUT2D eigenvalue weighted by Gasteiger charge is -2.07. The van der Waals surface area contributed by atoms with Crippen LogP contribution < -0.4 is 11.1 Å². The van der Waals surface area contributed by atoms with Gasteiger partial charge in [-0.25, -0.2) is 0 Å². The summed E-state index contributed by atoms with van der Waals surface area (Å²) >= 11 is 3.33. The van der Waals surface area contributed by atoms with Crippen molar-refractivity contribution in [2.75, 3.05) is 11.1 Å². The summed E-state index contributed by atoms with van der Waals surface area (Å²) < 4.78 is 5.59. The summed E-state index contributed by atoms with van der Waals surface area (Å²) in [5.41, 5.74) is 7.23. The van der Waals surface area contributed by atoms with Gasteiger partial charge in [-0.1, -0.05) is 5.16 Å². The lowest BCUT2D eigenvalue weighted by molar-refractivity contribution is 0.102. The third kappa shape index (κ3) is 2.47. The van der Waals surface area contributed by atoms with E-state index in [1.807, 2.05) is 0 Å². The molecule has 6 heteroatoms. The van der Waals surface area contributed by atoms with Gasteiger partial charge in [-0.3, -0.25) is 4.79 Å². The molecule has 1 aromatic carbocycles. The number of hydrogen-bond acceptors (Lipinski definition) is 4. The van der Waals surface area contributed by atoms with Crippen LogP contribution in [0.2, 0.25) is 0 Å². The molecule has 0 spiro atoms. The number of amides is 1. The van der Waals surface area contributed by atoms with Gasteiger partial charge in [-0.05, 0) is 41.1 Å². The number of rotatable bonds is 2. The van der Waals surface area contributed by atoms with Crippen LogP contribution in [0.15, 0.2) is 33.4 Å². The zero-order chi connectivity index (χ0) is 12.4. The molecule has 1 aromatic heterocycles. The van der Waals surface area contributed by atoms with Gasteiger partial charge in [0, 0.05) is 10.2 Å². The van der Waals surface area contributed by atoms with E-state index in [0.717, 1.165) is 4.47 Å². The van der Waals surface area contributed by atoms with Crippen LogP contribution in [0.4, 0.5) is 11.4 Å². The number of nitrogens with two attached hydrogens (primary N) is 1. The second kappa shape index (κ2) is 4.58. The normalized spacial score (nSPS) is 10.2. The first-order valence-corrected chi connectivity index (χ1v) is 5.65. The molecule has 0 saturated heterocycles. The molecule has 17 heavy (non-hydrogen) atoms. The fraction of sp³-hybridized carbons (Fsp3) is 0.0909. The fourth-order valence-electron chi connectivity index (χ4n) is 1.35. The number of carbonyl (C=O) groups excluding carboxylic acids is 1. The maximum atomic E-state index is 11.9. The number of carbonyl (C=O) groups is 1. The number of aromatic nitrogens is 1. The highest BCUT2D eigenvalue weighted by molar-refractivity contribution is 9.10. The van der Waals surface area contributed by atoms with Crippen LogP contribution >= 0.6 is 15.9 Å². The fourth-order valence-corrected chi connectivity index (χ4v) is 1.69. The van der Waals surface area contributed by atoms with Crippen molar-refractivity contribution in [2.24, 2.45) is 0 Å². The molecule has 0 fully saturated rings. The topological polar surface area (TPSA) is 81.2 Å². The SMILES string of the molecule is Cc1oncc1C(=O)Nc1cc(N)ccc1Br. The minimum absolute atomic E-state index is 0.282. The summed E-state index contributed by atoms with van der Waals surface area (Å²) in [6, 6.07) is 5.18. The average molecular weight is 296 g/mol. The summed E-state index contributed by atoms with van der Waals surface area (Å²) in [5, 5.41) is 6.28. The Balaban J connectivity index is 2.24. The van der Waals surface area contributed by atoms with Gasteiger partial charge in [0.15, 0.2) is 0 Å². The monoisotopic (exact) mass is 295 g/mol. The molecule has 0 atom stereocenters.